The highest BCUT2D eigenvalue weighted by Crippen LogP contribution is 2.39. The van der Waals surface area contributed by atoms with Gasteiger partial charge in [0.15, 0.2) is 0 Å². The molecular weight excluding hydrogens is 446 g/mol. The maximum atomic E-state index is 9.77. The van der Waals surface area contributed by atoms with Crippen LogP contribution in [0.5, 0.6) is 5.75 Å². The number of ether oxygens (including phenoxy) is 1. The first-order valence-corrected chi connectivity index (χ1v) is 12.6. The summed E-state index contributed by atoms with van der Waals surface area (Å²) in [7, 11) is 0. The van der Waals surface area contributed by atoms with Crippen molar-refractivity contribution in [3.63, 3.8) is 0 Å². The van der Waals surface area contributed by atoms with Gasteiger partial charge in [0.25, 0.3) is 0 Å². The zero-order chi connectivity index (χ0) is 25.2. The Hall–Kier alpha value is -3.88. The number of nitrogens with zero attached hydrogens (tertiary/aromatic N) is 3. The second kappa shape index (κ2) is 10.0. The van der Waals surface area contributed by atoms with Crippen LogP contribution in [0.25, 0.3) is 16.6 Å². The molecule has 4 aromatic rings. The number of allylic oxidation sites excluding steroid dienone is 1. The number of fused-ring (bicyclic) bond motifs is 3. The Labute approximate surface area is 212 Å². The normalized spacial score (nSPS) is 14.9. The zero-order valence-corrected chi connectivity index (χ0v) is 21.1. The Morgan fingerprint density at radius 3 is 2.75 bits per heavy atom. The van der Waals surface area contributed by atoms with Gasteiger partial charge in [0, 0.05) is 42.2 Å². The van der Waals surface area contributed by atoms with Crippen molar-refractivity contribution in [1.82, 2.24) is 9.55 Å². The summed E-state index contributed by atoms with van der Waals surface area (Å²) < 4.78 is 8.49. The van der Waals surface area contributed by atoms with Crippen LogP contribution < -0.4 is 4.74 Å². The molecule has 0 amide bonds. The largest absolute Gasteiger partial charge is 0.488 e. The van der Waals surface area contributed by atoms with E-state index < -0.39 is 0 Å². The van der Waals surface area contributed by atoms with Gasteiger partial charge in [0.1, 0.15) is 18.2 Å². The minimum absolute atomic E-state index is 0.0337. The molecule has 2 heterocycles. The van der Waals surface area contributed by atoms with E-state index >= 15 is 0 Å². The van der Waals surface area contributed by atoms with E-state index in [0.717, 1.165) is 68.8 Å². The summed E-state index contributed by atoms with van der Waals surface area (Å²) in [5, 5.41) is 19.5. The molecule has 5 heteroatoms. The third kappa shape index (κ3) is 4.19. The average Bonchev–Trinajstić information content (AvgIpc) is 3.15. The van der Waals surface area contributed by atoms with Crippen LogP contribution in [0.1, 0.15) is 66.8 Å². The SMILES string of the molecule is CCCc1nc2c(C(C)CO)cccc2n1Cc1ccc2c(c1)COc1ccccc1/C2=C(\C)C#N. The lowest BCUT2D eigenvalue weighted by Crippen LogP contribution is -2.07. The van der Waals surface area contributed by atoms with E-state index in [1.54, 1.807) is 0 Å². The number of benzene rings is 3. The van der Waals surface area contributed by atoms with Gasteiger partial charge in [-0.2, -0.15) is 5.26 Å². The summed E-state index contributed by atoms with van der Waals surface area (Å²) in [4.78, 5) is 5.03. The van der Waals surface area contributed by atoms with Crippen molar-refractivity contribution in [1.29, 1.82) is 5.26 Å². The molecule has 5 nitrogen and oxygen atoms in total. The Kier molecular flexibility index (Phi) is 6.63. The minimum atomic E-state index is 0.0337. The molecule has 0 saturated carbocycles. The van der Waals surface area contributed by atoms with Crippen molar-refractivity contribution in [2.75, 3.05) is 6.61 Å². The van der Waals surface area contributed by atoms with Crippen molar-refractivity contribution in [2.24, 2.45) is 0 Å². The summed E-state index contributed by atoms with van der Waals surface area (Å²) in [5.41, 5.74) is 9.01. The van der Waals surface area contributed by atoms with Crippen molar-refractivity contribution >= 4 is 16.6 Å². The summed E-state index contributed by atoms with van der Waals surface area (Å²) in [6.07, 6.45) is 1.89. The predicted molar refractivity (Wildman–Crippen MR) is 143 cm³/mol. The van der Waals surface area contributed by atoms with Crippen molar-refractivity contribution < 1.29 is 9.84 Å². The molecule has 1 unspecified atom stereocenters. The fourth-order valence-corrected chi connectivity index (χ4v) is 5.15. The first-order valence-electron chi connectivity index (χ1n) is 12.6. The van der Waals surface area contributed by atoms with Crippen LogP contribution in [0.2, 0.25) is 0 Å². The second-order valence-electron chi connectivity index (χ2n) is 9.55. The molecule has 0 bridgehead atoms. The van der Waals surface area contributed by atoms with E-state index in [9.17, 15) is 10.4 Å². The Bertz CT molecular complexity index is 1510. The highest BCUT2D eigenvalue weighted by molar-refractivity contribution is 5.88. The van der Waals surface area contributed by atoms with E-state index in [1.165, 1.54) is 0 Å². The number of para-hydroxylation sites is 2. The molecule has 1 aliphatic rings. The van der Waals surface area contributed by atoms with E-state index in [4.69, 9.17) is 9.72 Å². The number of aliphatic hydroxyl groups is 1. The van der Waals surface area contributed by atoms with Crippen LogP contribution in [-0.4, -0.2) is 21.3 Å². The van der Waals surface area contributed by atoms with E-state index in [2.05, 4.69) is 54.0 Å². The van der Waals surface area contributed by atoms with Gasteiger partial charge in [-0.05, 0) is 53.8 Å². The zero-order valence-electron chi connectivity index (χ0n) is 21.1. The average molecular weight is 478 g/mol. The summed E-state index contributed by atoms with van der Waals surface area (Å²) >= 11 is 0. The molecule has 1 aliphatic heterocycles. The number of hydrogen-bond acceptors (Lipinski definition) is 4. The van der Waals surface area contributed by atoms with Gasteiger partial charge in [-0.15, -0.1) is 0 Å². The van der Waals surface area contributed by atoms with Gasteiger partial charge in [-0.25, -0.2) is 4.98 Å². The maximum absolute atomic E-state index is 9.77. The highest BCUT2D eigenvalue weighted by Gasteiger charge is 2.22. The fraction of sp³-hybridized carbons (Fsp3) is 0.290. The number of aryl methyl sites for hydroxylation is 1. The summed E-state index contributed by atoms with van der Waals surface area (Å²) in [6, 6.07) is 23.0. The number of hydrogen-bond donors (Lipinski definition) is 1. The number of aliphatic hydroxyl groups excluding tert-OH is 1. The molecule has 0 fully saturated rings. The lowest BCUT2D eigenvalue weighted by molar-refractivity contribution is 0.273. The van der Waals surface area contributed by atoms with Crippen LogP contribution >= 0.6 is 0 Å². The monoisotopic (exact) mass is 477 g/mol. The van der Waals surface area contributed by atoms with Gasteiger partial charge < -0.3 is 14.4 Å². The van der Waals surface area contributed by atoms with Gasteiger partial charge in [-0.3, -0.25) is 0 Å². The number of imidazole rings is 1. The first kappa shape index (κ1) is 23.8. The van der Waals surface area contributed by atoms with Gasteiger partial charge in [0.2, 0.25) is 0 Å². The van der Waals surface area contributed by atoms with Crippen LogP contribution in [0.4, 0.5) is 0 Å². The van der Waals surface area contributed by atoms with Crippen LogP contribution in [0, 0.1) is 11.3 Å². The Morgan fingerprint density at radius 2 is 1.97 bits per heavy atom. The standard InChI is InChI=1S/C31H31N3O2/c1-4-8-29-33-31-24(21(3)18-35)10-7-11-27(31)34(29)17-22-13-14-25-23(15-22)19-36-28-12-6-5-9-26(28)30(25)20(2)16-32/h5-7,9-15,21,35H,4,8,17-19H2,1-3H3/b30-20+. The predicted octanol–water partition coefficient (Wildman–Crippen LogP) is 6.37. The van der Waals surface area contributed by atoms with Crippen LogP contribution in [0.3, 0.4) is 0 Å². The Balaban J connectivity index is 1.60. The van der Waals surface area contributed by atoms with Crippen LogP contribution in [-0.2, 0) is 19.6 Å². The van der Waals surface area contributed by atoms with Crippen LogP contribution in [0.15, 0.2) is 66.2 Å². The third-order valence-corrected chi connectivity index (χ3v) is 7.03. The number of aromatic nitrogens is 2. The van der Waals surface area contributed by atoms with Gasteiger partial charge >= 0.3 is 0 Å². The molecule has 182 valence electrons. The lowest BCUT2D eigenvalue weighted by atomic mass is 9.90. The van der Waals surface area contributed by atoms with Crippen molar-refractivity contribution in [3.8, 4) is 11.8 Å². The topological polar surface area (TPSA) is 71.1 Å². The molecule has 3 aromatic carbocycles. The molecule has 36 heavy (non-hydrogen) atoms. The summed E-state index contributed by atoms with van der Waals surface area (Å²) in [5.74, 6) is 1.90. The van der Waals surface area contributed by atoms with Gasteiger partial charge in [0.05, 0.1) is 17.1 Å². The molecule has 0 radical (unpaired) electrons. The molecule has 5 rings (SSSR count). The quantitative estimate of drug-likeness (QED) is 0.328. The molecule has 1 atom stereocenters. The van der Waals surface area contributed by atoms with E-state index in [-0.39, 0.29) is 12.5 Å². The fourth-order valence-electron chi connectivity index (χ4n) is 5.15. The van der Waals surface area contributed by atoms with Crippen molar-refractivity contribution in [2.45, 2.75) is 52.7 Å². The highest BCUT2D eigenvalue weighted by atomic mass is 16.5. The third-order valence-electron chi connectivity index (χ3n) is 7.03. The molecule has 1 aromatic heterocycles. The molecular formula is C31H31N3O2. The van der Waals surface area contributed by atoms with E-state index in [0.29, 0.717) is 18.7 Å². The lowest BCUT2D eigenvalue weighted by Gasteiger charge is -2.14. The molecule has 0 aliphatic carbocycles. The van der Waals surface area contributed by atoms with Gasteiger partial charge in [-0.1, -0.05) is 56.3 Å². The molecule has 1 N–H and O–H groups in total. The summed E-state index contributed by atoms with van der Waals surface area (Å²) in [6.45, 7) is 7.32. The maximum Gasteiger partial charge on any atom is 0.127 e. The molecule has 0 spiro atoms. The minimum Gasteiger partial charge on any atom is -0.488 e. The van der Waals surface area contributed by atoms with E-state index in [1.807, 2.05) is 38.1 Å². The Morgan fingerprint density at radius 1 is 1.14 bits per heavy atom. The molecule has 0 saturated heterocycles. The number of nitriles is 1. The number of rotatable bonds is 6. The first-order chi connectivity index (χ1) is 17.5. The van der Waals surface area contributed by atoms with Crippen molar-refractivity contribution in [3.05, 3.63) is 99.9 Å². The smallest absolute Gasteiger partial charge is 0.127 e. The second-order valence-corrected chi connectivity index (χ2v) is 9.55.